The summed E-state index contributed by atoms with van der Waals surface area (Å²) in [5.41, 5.74) is 6.42. The maximum atomic E-state index is 11.9. The van der Waals surface area contributed by atoms with Gasteiger partial charge in [0.25, 0.3) is 0 Å². The Morgan fingerprint density at radius 2 is 2.21 bits per heavy atom. The van der Waals surface area contributed by atoms with E-state index in [9.17, 15) is 4.79 Å². The summed E-state index contributed by atoms with van der Waals surface area (Å²) in [6, 6.07) is 2.20. The molecule has 0 bridgehead atoms. The van der Waals surface area contributed by atoms with E-state index in [4.69, 9.17) is 5.73 Å². The largest absolute Gasteiger partial charge is 0.397 e. The topological polar surface area (TPSA) is 68.0 Å². The summed E-state index contributed by atoms with van der Waals surface area (Å²) < 4.78 is 0. The molecule has 0 spiro atoms. The number of rotatable bonds is 4. The SMILES string of the molecule is CC1CCC(NC(=O)CSc2ccncc2N)CC1. The van der Waals surface area contributed by atoms with Crippen molar-refractivity contribution in [3.05, 3.63) is 18.5 Å². The Bertz CT molecular complexity index is 430. The van der Waals surface area contributed by atoms with Crippen molar-refractivity contribution in [3.8, 4) is 0 Å². The van der Waals surface area contributed by atoms with E-state index in [1.54, 1.807) is 12.4 Å². The first-order chi connectivity index (χ1) is 9.15. The van der Waals surface area contributed by atoms with Crippen molar-refractivity contribution in [2.75, 3.05) is 11.5 Å². The van der Waals surface area contributed by atoms with Crippen LogP contribution < -0.4 is 11.1 Å². The number of carbonyl (C=O) groups excluding carboxylic acids is 1. The average Bonchev–Trinajstić information content (AvgIpc) is 2.40. The number of nitrogen functional groups attached to an aromatic ring is 1. The van der Waals surface area contributed by atoms with E-state index in [1.807, 2.05) is 6.07 Å². The molecule has 19 heavy (non-hydrogen) atoms. The molecule has 1 aromatic rings. The lowest BCUT2D eigenvalue weighted by molar-refractivity contribution is -0.119. The van der Waals surface area contributed by atoms with Gasteiger partial charge in [-0.25, -0.2) is 0 Å². The number of anilines is 1. The fourth-order valence-corrected chi connectivity index (χ4v) is 3.09. The van der Waals surface area contributed by atoms with E-state index in [0.29, 0.717) is 17.5 Å². The standard InChI is InChI=1S/C14H21N3OS/c1-10-2-4-11(5-3-10)17-14(18)9-19-13-6-7-16-8-12(13)15/h6-8,10-11H,2-5,9,15H2,1H3,(H,17,18). The van der Waals surface area contributed by atoms with Crippen molar-refractivity contribution < 1.29 is 4.79 Å². The van der Waals surface area contributed by atoms with Gasteiger partial charge in [0.05, 0.1) is 17.6 Å². The summed E-state index contributed by atoms with van der Waals surface area (Å²) >= 11 is 1.47. The zero-order valence-electron chi connectivity index (χ0n) is 11.3. The highest BCUT2D eigenvalue weighted by Crippen LogP contribution is 2.25. The Balaban J connectivity index is 1.74. The molecule has 5 heteroatoms. The highest BCUT2D eigenvalue weighted by Gasteiger charge is 2.19. The molecule has 1 heterocycles. The van der Waals surface area contributed by atoms with E-state index in [-0.39, 0.29) is 5.91 Å². The van der Waals surface area contributed by atoms with E-state index in [0.717, 1.165) is 23.7 Å². The molecule has 0 atom stereocenters. The molecule has 0 unspecified atom stereocenters. The van der Waals surface area contributed by atoms with Gasteiger partial charge in [-0.1, -0.05) is 6.92 Å². The predicted molar refractivity (Wildman–Crippen MR) is 78.9 cm³/mol. The number of carbonyl (C=O) groups is 1. The van der Waals surface area contributed by atoms with Crippen LogP contribution in [0, 0.1) is 5.92 Å². The minimum absolute atomic E-state index is 0.0979. The predicted octanol–water partition coefficient (Wildman–Crippen LogP) is 2.45. The summed E-state index contributed by atoms with van der Waals surface area (Å²) in [6.45, 7) is 2.28. The van der Waals surface area contributed by atoms with Crippen LogP contribution in [0.15, 0.2) is 23.4 Å². The molecule has 1 aliphatic rings. The van der Waals surface area contributed by atoms with E-state index >= 15 is 0 Å². The summed E-state index contributed by atoms with van der Waals surface area (Å²) in [6.07, 6.45) is 7.95. The Morgan fingerprint density at radius 3 is 2.89 bits per heavy atom. The number of hydrogen-bond donors (Lipinski definition) is 2. The monoisotopic (exact) mass is 279 g/mol. The fourth-order valence-electron chi connectivity index (χ4n) is 2.34. The second kappa shape index (κ2) is 6.80. The molecular formula is C14H21N3OS. The molecule has 0 aromatic carbocycles. The van der Waals surface area contributed by atoms with Crippen molar-refractivity contribution in [1.82, 2.24) is 10.3 Å². The minimum atomic E-state index is 0.0979. The third kappa shape index (κ3) is 4.42. The van der Waals surface area contributed by atoms with Crippen LogP contribution >= 0.6 is 11.8 Å². The third-order valence-electron chi connectivity index (χ3n) is 3.55. The molecule has 1 saturated carbocycles. The van der Waals surface area contributed by atoms with Crippen LogP contribution in [-0.4, -0.2) is 22.7 Å². The van der Waals surface area contributed by atoms with Crippen molar-refractivity contribution in [2.24, 2.45) is 5.92 Å². The van der Waals surface area contributed by atoms with E-state index < -0.39 is 0 Å². The molecule has 0 saturated heterocycles. The number of pyridine rings is 1. The number of nitrogens with zero attached hydrogens (tertiary/aromatic N) is 1. The Morgan fingerprint density at radius 1 is 1.47 bits per heavy atom. The molecule has 1 aromatic heterocycles. The summed E-state index contributed by atoms with van der Waals surface area (Å²) in [5, 5.41) is 3.11. The van der Waals surface area contributed by atoms with Crippen LogP contribution in [0.2, 0.25) is 0 Å². The van der Waals surface area contributed by atoms with Gasteiger partial charge in [-0.05, 0) is 37.7 Å². The van der Waals surface area contributed by atoms with Gasteiger partial charge in [0.15, 0.2) is 0 Å². The van der Waals surface area contributed by atoms with Crippen molar-refractivity contribution >= 4 is 23.4 Å². The molecule has 2 rings (SSSR count). The second-order valence-electron chi connectivity index (χ2n) is 5.23. The van der Waals surface area contributed by atoms with Crippen molar-refractivity contribution in [1.29, 1.82) is 0 Å². The summed E-state index contributed by atoms with van der Waals surface area (Å²) in [5.74, 6) is 1.32. The third-order valence-corrected chi connectivity index (χ3v) is 4.64. The molecule has 104 valence electrons. The zero-order chi connectivity index (χ0) is 13.7. The molecule has 3 N–H and O–H groups in total. The molecule has 1 aliphatic carbocycles. The molecular weight excluding hydrogens is 258 g/mol. The number of aromatic nitrogens is 1. The number of thioether (sulfide) groups is 1. The van der Waals surface area contributed by atoms with Gasteiger partial charge in [-0.15, -0.1) is 11.8 Å². The quantitative estimate of drug-likeness (QED) is 0.831. The fraction of sp³-hybridized carbons (Fsp3) is 0.571. The zero-order valence-corrected chi connectivity index (χ0v) is 12.1. The van der Waals surface area contributed by atoms with Gasteiger partial charge in [-0.2, -0.15) is 0 Å². The Labute approximate surface area is 118 Å². The number of hydrogen-bond acceptors (Lipinski definition) is 4. The highest BCUT2D eigenvalue weighted by atomic mass is 32.2. The molecule has 0 radical (unpaired) electrons. The lowest BCUT2D eigenvalue weighted by Crippen LogP contribution is -2.38. The smallest absolute Gasteiger partial charge is 0.230 e. The molecule has 4 nitrogen and oxygen atoms in total. The van der Waals surface area contributed by atoms with Gasteiger partial charge in [0.2, 0.25) is 5.91 Å². The van der Waals surface area contributed by atoms with Crippen LogP contribution in [0.4, 0.5) is 5.69 Å². The van der Waals surface area contributed by atoms with Gasteiger partial charge in [0, 0.05) is 17.1 Å². The van der Waals surface area contributed by atoms with E-state index in [1.165, 1.54) is 24.6 Å². The van der Waals surface area contributed by atoms with Gasteiger partial charge in [-0.3, -0.25) is 9.78 Å². The van der Waals surface area contributed by atoms with Gasteiger partial charge in [0.1, 0.15) is 0 Å². The molecule has 1 amide bonds. The highest BCUT2D eigenvalue weighted by molar-refractivity contribution is 8.00. The maximum Gasteiger partial charge on any atom is 0.230 e. The summed E-state index contributed by atoms with van der Waals surface area (Å²) in [4.78, 5) is 16.7. The van der Waals surface area contributed by atoms with Crippen molar-refractivity contribution in [2.45, 2.75) is 43.5 Å². The molecule has 0 aliphatic heterocycles. The normalized spacial score (nSPS) is 23.0. The lowest BCUT2D eigenvalue weighted by Gasteiger charge is -2.26. The van der Waals surface area contributed by atoms with Crippen LogP contribution in [0.5, 0.6) is 0 Å². The Kier molecular flexibility index (Phi) is 5.07. The van der Waals surface area contributed by atoms with Gasteiger partial charge < -0.3 is 11.1 Å². The van der Waals surface area contributed by atoms with Crippen LogP contribution in [0.25, 0.3) is 0 Å². The van der Waals surface area contributed by atoms with Crippen LogP contribution in [0.1, 0.15) is 32.6 Å². The van der Waals surface area contributed by atoms with Crippen LogP contribution in [0.3, 0.4) is 0 Å². The minimum Gasteiger partial charge on any atom is -0.397 e. The first kappa shape index (κ1) is 14.2. The number of amides is 1. The maximum absolute atomic E-state index is 11.9. The first-order valence-corrected chi connectivity index (χ1v) is 7.75. The summed E-state index contributed by atoms with van der Waals surface area (Å²) in [7, 11) is 0. The van der Waals surface area contributed by atoms with E-state index in [2.05, 4.69) is 17.2 Å². The lowest BCUT2D eigenvalue weighted by atomic mass is 9.87. The van der Waals surface area contributed by atoms with Crippen molar-refractivity contribution in [3.63, 3.8) is 0 Å². The van der Waals surface area contributed by atoms with Crippen LogP contribution in [-0.2, 0) is 4.79 Å². The average molecular weight is 279 g/mol. The molecule has 1 fully saturated rings. The first-order valence-electron chi connectivity index (χ1n) is 6.77. The Hall–Kier alpha value is -1.23. The second-order valence-corrected chi connectivity index (χ2v) is 6.24. The van der Waals surface area contributed by atoms with Gasteiger partial charge >= 0.3 is 0 Å². The number of nitrogens with one attached hydrogen (secondary N) is 1. The number of nitrogens with two attached hydrogens (primary N) is 1.